The number of amides is 1. The van der Waals surface area contributed by atoms with Gasteiger partial charge in [0.1, 0.15) is 0 Å². The first-order valence-corrected chi connectivity index (χ1v) is 35.9. The molecule has 0 bridgehead atoms. The molecule has 0 aliphatic heterocycles. The van der Waals surface area contributed by atoms with E-state index in [0.29, 0.717) is 25.9 Å². The van der Waals surface area contributed by atoms with Crippen molar-refractivity contribution in [3.8, 4) is 0 Å². The van der Waals surface area contributed by atoms with E-state index in [1.165, 1.54) is 340 Å². The van der Waals surface area contributed by atoms with Crippen LogP contribution in [0, 0.1) is 0 Å². The summed E-state index contributed by atoms with van der Waals surface area (Å²) in [6, 6.07) is -0.542. The Morgan fingerprint density at radius 3 is 0.910 bits per heavy atom. The van der Waals surface area contributed by atoms with Crippen molar-refractivity contribution in [1.29, 1.82) is 0 Å². The van der Waals surface area contributed by atoms with Gasteiger partial charge in [-0.25, -0.2) is 0 Å². The first kappa shape index (κ1) is 76.6. The largest absolute Gasteiger partial charge is 0.466 e. The summed E-state index contributed by atoms with van der Waals surface area (Å²) >= 11 is 0. The molecule has 2 unspecified atom stereocenters. The minimum absolute atomic E-state index is 0.0185. The Morgan fingerprint density at radius 1 is 0.346 bits per heavy atom. The molecule has 0 heterocycles. The maximum atomic E-state index is 12.5. The zero-order valence-corrected chi connectivity index (χ0v) is 53.2. The van der Waals surface area contributed by atoms with Gasteiger partial charge in [0, 0.05) is 12.8 Å². The van der Waals surface area contributed by atoms with Crippen LogP contribution in [0.1, 0.15) is 412 Å². The second-order valence-corrected chi connectivity index (χ2v) is 24.9. The lowest BCUT2D eigenvalue weighted by Crippen LogP contribution is -2.45. The maximum absolute atomic E-state index is 12.5. The van der Waals surface area contributed by atoms with Crippen molar-refractivity contribution in [2.45, 2.75) is 424 Å². The van der Waals surface area contributed by atoms with Crippen LogP contribution in [0.2, 0.25) is 0 Å². The van der Waals surface area contributed by atoms with Crippen LogP contribution in [0.3, 0.4) is 0 Å². The van der Waals surface area contributed by atoms with E-state index in [2.05, 4.69) is 31.3 Å². The average molecular weight is 1100 g/mol. The third-order valence-electron chi connectivity index (χ3n) is 17.1. The Kier molecular flexibility index (Phi) is 66.9. The van der Waals surface area contributed by atoms with E-state index in [4.69, 9.17) is 4.74 Å². The van der Waals surface area contributed by atoms with Gasteiger partial charge in [-0.1, -0.05) is 360 Å². The molecule has 0 saturated heterocycles. The summed E-state index contributed by atoms with van der Waals surface area (Å²) in [6.45, 7) is 5.00. The van der Waals surface area contributed by atoms with Gasteiger partial charge >= 0.3 is 5.97 Å². The number of aliphatic hydroxyl groups is 2. The SMILES string of the molecule is CCCCCCCCCCCCCCCCCCCCCCC(O)C(CO)NC(=O)CCCCCCCCCCCCC/C=C\CCCCCCCCCCCCCCOC(=O)CCCCCCCCCCCCCCCC. The quantitative estimate of drug-likeness (QED) is 0.0320. The highest BCUT2D eigenvalue weighted by Crippen LogP contribution is 2.19. The highest BCUT2D eigenvalue weighted by atomic mass is 16.5. The third kappa shape index (κ3) is 63.8. The van der Waals surface area contributed by atoms with Gasteiger partial charge in [0.15, 0.2) is 0 Å². The van der Waals surface area contributed by atoms with E-state index in [-0.39, 0.29) is 18.5 Å². The molecular formula is C72H141NO5. The fourth-order valence-corrected chi connectivity index (χ4v) is 11.6. The molecule has 0 aromatic heterocycles. The van der Waals surface area contributed by atoms with E-state index in [1.54, 1.807) is 0 Å². The summed E-state index contributed by atoms with van der Waals surface area (Å²) in [5, 5.41) is 23.4. The van der Waals surface area contributed by atoms with Crippen molar-refractivity contribution < 1.29 is 24.5 Å². The molecule has 0 radical (unpaired) electrons. The van der Waals surface area contributed by atoms with E-state index >= 15 is 0 Å². The fraction of sp³-hybridized carbons (Fsp3) is 0.944. The number of ether oxygens (including phenoxy) is 1. The van der Waals surface area contributed by atoms with Gasteiger partial charge in [-0.2, -0.15) is 0 Å². The first-order chi connectivity index (χ1) is 38.5. The first-order valence-electron chi connectivity index (χ1n) is 35.9. The Bertz CT molecular complexity index is 1180. The number of esters is 1. The number of rotatable bonds is 68. The van der Waals surface area contributed by atoms with Crippen LogP contribution in [-0.2, 0) is 14.3 Å². The van der Waals surface area contributed by atoms with Crippen molar-refractivity contribution in [3.05, 3.63) is 12.2 Å². The van der Waals surface area contributed by atoms with E-state index < -0.39 is 12.1 Å². The summed E-state index contributed by atoms with van der Waals surface area (Å²) in [7, 11) is 0. The van der Waals surface area contributed by atoms with Gasteiger partial charge < -0.3 is 20.3 Å². The molecule has 0 saturated carbocycles. The Hall–Kier alpha value is -1.40. The molecule has 0 aromatic carbocycles. The van der Waals surface area contributed by atoms with E-state index in [0.717, 1.165) is 38.5 Å². The number of carbonyl (C=O) groups is 2. The molecule has 3 N–H and O–H groups in total. The molecule has 0 aromatic rings. The second kappa shape index (κ2) is 68.1. The predicted octanol–water partition coefficient (Wildman–Crippen LogP) is 23.1. The normalized spacial score (nSPS) is 12.5. The van der Waals surface area contributed by atoms with Crippen LogP contribution in [0.15, 0.2) is 12.2 Å². The number of carbonyl (C=O) groups excluding carboxylic acids is 2. The molecule has 6 heteroatoms. The Labute approximate surface area is 489 Å². The minimum atomic E-state index is -0.665. The lowest BCUT2D eigenvalue weighted by atomic mass is 10.0. The van der Waals surface area contributed by atoms with Crippen molar-refractivity contribution in [2.75, 3.05) is 13.2 Å². The van der Waals surface area contributed by atoms with Crippen LogP contribution in [0.25, 0.3) is 0 Å². The zero-order chi connectivity index (χ0) is 56.4. The molecule has 6 nitrogen and oxygen atoms in total. The molecule has 0 aliphatic carbocycles. The maximum Gasteiger partial charge on any atom is 0.305 e. The number of unbranched alkanes of at least 4 members (excludes halogenated alkanes) is 55. The molecule has 464 valence electrons. The molecule has 1 amide bonds. The van der Waals surface area contributed by atoms with Crippen molar-refractivity contribution in [2.24, 2.45) is 0 Å². The monoisotopic (exact) mass is 1100 g/mol. The molecule has 0 aliphatic rings. The Balaban J connectivity index is 3.37. The van der Waals surface area contributed by atoms with E-state index in [1.807, 2.05) is 0 Å². The zero-order valence-electron chi connectivity index (χ0n) is 53.2. The molecule has 78 heavy (non-hydrogen) atoms. The standard InChI is InChI=1S/C72H141NO5/c1-3-5-7-9-11-13-15-17-19-20-21-31-34-37-40-44-48-52-56-60-64-70(75)69(68-74)73-71(76)65-61-57-53-49-45-41-38-35-32-29-27-25-23-22-24-26-28-30-33-36-39-43-47-51-55-59-63-67-78-72(77)66-62-58-54-50-46-42-18-16-14-12-10-8-6-4-2/h22-23,69-70,74-75H,3-21,24-68H2,1-2H3,(H,73,76)/b23-22-. The summed E-state index contributed by atoms with van der Waals surface area (Å²) in [5.41, 5.74) is 0. The number of hydrogen-bond acceptors (Lipinski definition) is 5. The summed E-state index contributed by atoms with van der Waals surface area (Å²) in [6.07, 6.45) is 84.0. The molecule has 2 atom stereocenters. The number of nitrogens with one attached hydrogen (secondary N) is 1. The number of hydrogen-bond donors (Lipinski definition) is 3. The lowest BCUT2D eigenvalue weighted by Gasteiger charge is -2.22. The summed E-state index contributed by atoms with van der Waals surface area (Å²) in [5.74, 6) is -0.0125. The lowest BCUT2D eigenvalue weighted by molar-refractivity contribution is -0.143. The van der Waals surface area contributed by atoms with Crippen LogP contribution >= 0.6 is 0 Å². The van der Waals surface area contributed by atoms with Gasteiger partial charge in [-0.05, 0) is 51.4 Å². The van der Waals surface area contributed by atoms with Gasteiger partial charge in [-0.3, -0.25) is 9.59 Å². The van der Waals surface area contributed by atoms with Gasteiger partial charge in [0.05, 0.1) is 25.4 Å². The van der Waals surface area contributed by atoms with Crippen LogP contribution in [0.5, 0.6) is 0 Å². The Morgan fingerprint density at radius 2 is 0.603 bits per heavy atom. The van der Waals surface area contributed by atoms with Gasteiger partial charge in [0.2, 0.25) is 5.91 Å². The van der Waals surface area contributed by atoms with Crippen molar-refractivity contribution >= 4 is 11.9 Å². The molecule has 0 spiro atoms. The molecular weight excluding hydrogens is 959 g/mol. The predicted molar refractivity (Wildman–Crippen MR) is 343 cm³/mol. The van der Waals surface area contributed by atoms with Crippen molar-refractivity contribution in [3.63, 3.8) is 0 Å². The number of aliphatic hydroxyl groups excluding tert-OH is 2. The molecule has 0 fully saturated rings. The third-order valence-corrected chi connectivity index (χ3v) is 17.1. The van der Waals surface area contributed by atoms with E-state index in [9.17, 15) is 19.8 Å². The average Bonchev–Trinajstić information content (AvgIpc) is 3.44. The summed E-state index contributed by atoms with van der Waals surface area (Å²) < 4.78 is 5.49. The smallest absolute Gasteiger partial charge is 0.305 e. The summed E-state index contributed by atoms with van der Waals surface area (Å²) in [4.78, 5) is 24.6. The van der Waals surface area contributed by atoms with Crippen LogP contribution in [0.4, 0.5) is 0 Å². The fourth-order valence-electron chi connectivity index (χ4n) is 11.6. The highest BCUT2D eigenvalue weighted by Gasteiger charge is 2.20. The minimum Gasteiger partial charge on any atom is -0.466 e. The highest BCUT2D eigenvalue weighted by molar-refractivity contribution is 5.76. The van der Waals surface area contributed by atoms with Crippen molar-refractivity contribution in [1.82, 2.24) is 5.32 Å². The van der Waals surface area contributed by atoms with Crippen LogP contribution in [-0.4, -0.2) is 47.4 Å². The van der Waals surface area contributed by atoms with Gasteiger partial charge in [-0.15, -0.1) is 0 Å². The second-order valence-electron chi connectivity index (χ2n) is 24.9. The molecule has 0 rings (SSSR count). The van der Waals surface area contributed by atoms with Gasteiger partial charge in [0.25, 0.3) is 0 Å². The van der Waals surface area contributed by atoms with Crippen LogP contribution < -0.4 is 5.32 Å². The number of allylic oxidation sites excluding steroid dienone is 2. The topological polar surface area (TPSA) is 95.9 Å².